The second kappa shape index (κ2) is 5.52. The average Bonchev–Trinajstić information content (AvgIpc) is 2.78. The van der Waals surface area contributed by atoms with Crippen LogP contribution in [-0.4, -0.2) is 24.3 Å². The lowest BCUT2D eigenvalue weighted by Crippen LogP contribution is -2.50. The van der Waals surface area contributed by atoms with Crippen LogP contribution in [0.3, 0.4) is 0 Å². The average molecular weight is 337 g/mol. The molecule has 126 valence electrons. The van der Waals surface area contributed by atoms with Gasteiger partial charge in [-0.3, -0.25) is 4.79 Å². The molecule has 3 rings (SSSR count). The minimum atomic E-state index is -5.10. The van der Waals surface area contributed by atoms with Crippen molar-refractivity contribution in [3.8, 4) is 5.75 Å². The van der Waals surface area contributed by atoms with Gasteiger partial charge in [-0.25, -0.2) is 0 Å². The van der Waals surface area contributed by atoms with Crippen molar-refractivity contribution >= 4 is 11.6 Å². The smallest absolute Gasteiger partial charge is 0.430 e. The van der Waals surface area contributed by atoms with Crippen LogP contribution in [-0.2, 0) is 16.9 Å². The number of fused-ring (bicyclic) bond motifs is 1. The largest absolute Gasteiger partial charge is 0.497 e. The van der Waals surface area contributed by atoms with Crippen LogP contribution in [0.25, 0.3) is 0 Å². The summed E-state index contributed by atoms with van der Waals surface area (Å²) < 4.78 is 45.1. The van der Waals surface area contributed by atoms with Gasteiger partial charge in [-0.2, -0.15) is 13.2 Å². The zero-order valence-electron chi connectivity index (χ0n) is 12.7. The second-order valence-corrected chi connectivity index (χ2v) is 5.46. The van der Waals surface area contributed by atoms with Crippen LogP contribution in [0, 0.1) is 0 Å². The number of benzene rings is 2. The maximum Gasteiger partial charge on any atom is 0.430 e. The van der Waals surface area contributed by atoms with Gasteiger partial charge in [0.1, 0.15) is 5.75 Å². The number of halogens is 3. The molecule has 7 heteroatoms. The summed E-state index contributed by atoms with van der Waals surface area (Å²) in [7, 11) is 1.50. The first-order valence-corrected chi connectivity index (χ1v) is 7.12. The summed E-state index contributed by atoms with van der Waals surface area (Å²) in [4.78, 5) is 13.3. The first-order valence-electron chi connectivity index (χ1n) is 7.12. The quantitative estimate of drug-likeness (QED) is 0.937. The van der Waals surface area contributed by atoms with E-state index in [0.29, 0.717) is 11.3 Å². The van der Waals surface area contributed by atoms with Crippen LogP contribution in [0.4, 0.5) is 18.9 Å². The lowest BCUT2D eigenvalue weighted by Gasteiger charge is -2.25. The number of carbonyl (C=O) groups excluding carboxylic acids is 1. The monoisotopic (exact) mass is 337 g/mol. The molecule has 2 aromatic rings. The molecule has 1 heterocycles. The first-order chi connectivity index (χ1) is 11.3. The van der Waals surface area contributed by atoms with Gasteiger partial charge < -0.3 is 14.7 Å². The maximum atomic E-state index is 13.4. The number of aliphatic hydroxyl groups is 1. The molecule has 1 unspecified atom stereocenters. The molecule has 0 aromatic heterocycles. The summed E-state index contributed by atoms with van der Waals surface area (Å²) in [5.41, 5.74) is -3.30. The molecule has 0 radical (unpaired) electrons. The summed E-state index contributed by atoms with van der Waals surface area (Å²) in [6.45, 7) is -0.0851. The van der Waals surface area contributed by atoms with Gasteiger partial charge in [0.05, 0.1) is 19.3 Å². The molecule has 0 saturated carbocycles. The molecule has 1 aliphatic heterocycles. The number of hydrogen-bond acceptors (Lipinski definition) is 3. The third-order valence-electron chi connectivity index (χ3n) is 4.05. The van der Waals surface area contributed by atoms with Crippen molar-refractivity contribution in [2.75, 3.05) is 12.0 Å². The third kappa shape index (κ3) is 2.32. The molecular weight excluding hydrogens is 323 g/mol. The Hall–Kier alpha value is -2.54. The zero-order valence-corrected chi connectivity index (χ0v) is 12.7. The van der Waals surface area contributed by atoms with E-state index in [4.69, 9.17) is 4.74 Å². The molecule has 1 amide bonds. The predicted molar refractivity (Wildman–Crippen MR) is 80.6 cm³/mol. The van der Waals surface area contributed by atoms with Crippen LogP contribution in [0.1, 0.15) is 11.1 Å². The van der Waals surface area contributed by atoms with Gasteiger partial charge in [0.15, 0.2) is 0 Å². The van der Waals surface area contributed by atoms with E-state index in [0.717, 1.165) is 11.0 Å². The molecule has 0 fully saturated rings. The summed E-state index contributed by atoms with van der Waals surface area (Å²) in [6.07, 6.45) is -5.10. The van der Waals surface area contributed by atoms with Gasteiger partial charge in [-0.15, -0.1) is 0 Å². The lowest BCUT2D eigenvalue weighted by molar-refractivity contribution is -0.253. The first kappa shape index (κ1) is 16.3. The fourth-order valence-corrected chi connectivity index (χ4v) is 2.78. The highest BCUT2D eigenvalue weighted by Crippen LogP contribution is 2.49. The minimum Gasteiger partial charge on any atom is -0.497 e. The summed E-state index contributed by atoms with van der Waals surface area (Å²) >= 11 is 0. The van der Waals surface area contributed by atoms with Crippen LogP contribution in [0.2, 0.25) is 0 Å². The van der Waals surface area contributed by atoms with Crippen molar-refractivity contribution in [1.29, 1.82) is 0 Å². The molecular formula is C17H14F3NO3. The standard InChI is InChI=1S/C17H14F3NO3/c1-24-12-8-6-11(7-9-12)10-21-14-5-3-2-4-13(14)16(23,15(21)22)17(18,19)20/h2-9,23H,10H2,1H3. The summed E-state index contributed by atoms with van der Waals surface area (Å²) in [5.74, 6) is -0.800. The fourth-order valence-electron chi connectivity index (χ4n) is 2.78. The van der Waals surface area contributed by atoms with Gasteiger partial charge in [-0.1, -0.05) is 30.3 Å². The van der Waals surface area contributed by atoms with E-state index >= 15 is 0 Å². The Morgan fingerprint density at radius 1 is 1.12 bits per heavy atom. The van der Waals surface area contributed by atoms with E-state index in [-0.39, 0.29) is 12.2 Å². The molecule has 0 bridgehead atoms. The molecule has 0 aliphatic carbocycles. The second-order valence-electron chi connectivity index (χ2n) is 5.46. The van der Waals surface area contributed by atoms with Crippen molar-refractivity contribution in [1.82, 2.24) is 0 Å². The van der Waals surface area contributed by atoms with E-state index in [9.17, 15) is 23.1 Å². The highest BCUT2D eigenvalue weighted by atomic mass is 19.4. The molecule has 2 aromatic carbocycles. The van der Waals surface area contributed by atoms with Gasteiger partial charge in [0.2, 0.25) is 0 Å². The Morgan fingerprint density at radius 2 is 1.75 bits per heavy atom. The molecule has 1 N–H and O–H groups in total. The molecule has 1 atom stereocenters. The predicted octanol–water partition coefficient (Wildman–Crippen LogP) is 2.99. The number of ether oxygens (including phenoxy) is 1. The number of para-hydroxylation sites is 1. The van der Waals surface area contributed by atoms with Crippen molar-refractivity contribution in [2.24, 2.45) is 0 Å². The molecule has 1 aliphatic rings. The van der Waals surface area contributed by atoms with Gasteiger partial charge in [-0.05, 0) is 23.8 Å². The van der Waals surface area contributed by atoms with E-state index < -0.39 is 23.2 Å². The van der Waals surface area contributed by atoms with Crippen molar-refractivity contribution in [2.45, 2.75) is 18.3 Å². The highest BCUT2D eigenvalue weighted by molar-refractivity contribution is 6.07. The molecule has 0 spiro atoms. The van der Waals surface area contributed by atoms with Crippen molar-refractivity contribution in [3.63, 3.8) is 0 Å². The van der Waals surface area contributed by atoms with E-state index in [1.54, 1.807) is 24.3 Å². The zero-order chi connectivity index (χ0) is 17.5. The Bertz CT molecular complexity index is 773. The number of nitrogens with zero attached hydrogens (tertiary/aromatic N) is 1. The summed E-state index contributed by atoms with van der Waals surface area (Å²) in [6, 6.07) is 12.0. The molecule has 0 saturated heterocycles. The minimum absolute atomic E-state index is 0.0538. The number of anilines is 1. The topological polar surface area (TPSA) is 49.8 Å². The third-order valence-corrected chi connectivity index (χ3v) is 4.05. The van der Waals surface area contributed by atoms with Crippen molar-refractivity contribution in [3.05, 3.63) is 59.7 Å². The number of alkyl halides is 3. The number of methoxy groups -OCH3 is 1. The Kier molecular flexibility index (Phi) is 3.76. The number of hydrogen-bond donors (Lipinski definition) is 1. The van der Waals surface area contributed by atoms with Gasteiger partial charge >= 0.3 is 6.18 Å². The Morgan fingerprint density at radius 3 is 2.33 bits per heavy atom. The van der Waals surface area contributed by atoms with Crippen LogP contribution < -0.4 is 9.64 Å². The van der Waals surface area contributed by atoms with Crippen LogP contribution >= 0.6 is 0 Å². The van der Waals surface area contributed by atoms with Gasteiger partial charge in [0.25, 0.3) is 11.5 Å². The van der Waals surface area contributed by atoms with Crippen molar-refractivity contribution < 1.29 is 27.8 Å². The highest BCUT2D eigenvalue weighted by Gasteiger charge is 2.66. The number of carbonyl (C=O) groups is 1. The Labute approximate surface area is 136 Å². The normalized spacial score (nSPS) is 20.2. The van der Waals surface area contributed by atoms with E-state index in [1.807, 2.05) is 0 Å². The number of rotatable bonds is 3. The van der Waals surface area contributed by atoms with E-state index in [2.05, 4.69) is 0 Å². The summed E-state index contributed by atoms with van der Waals surface area (Å²) in [5, 5.41) is 10.1. The number of amides is 1. The van der Waals surface area contributed by atoms with Crippen LogP contribution in [0.15, 0.2) is 48.5 Å². The van der Waals surface area contributed by atoms with E-state index in [1.165, 1.54) is 25.3 Å². The maximum absolute atomic E-state index is 13.4. The van der Waals surface area contributed by atoms with Crippen LogP contribution in [0.5, 0.6) is 5.75 Å². The molecule has 24 heavy (non-hydrogen) atoms. The van der Waals surface area contributed by atoms with Gasteiger partial charge in [0, 0.05) is 5.56 Å². The Balaban J connectivity index is 2.01. The molecule has 4 nitrogen and oxygen atoms in total. The fraction of sp³-hybridized carbons (Fsp3) is 0.235. The lowest BCUT2D eigenvalue weighted by atomic mass is 9.95. The SMILES string of the molecule is COc1ccc(CN2C(=O)C(O)(C(F)(F)F)c3ccccc32)cc1.